The molecule has 2 atom stereocenters. The minimum absolute atomic E-state index is 0.0794. The number of rotatable bonds is 11. The van der Waals surface area contributed by atoms with Crippen LogP contribution in [0.4, 0.5) is 19.4 Å². The summed E-state index contributed by atoms with van der Waals surface area (Å²) in [6.45, 7) is 25.3. The van der Waals surface area contributed by atoms with E-state index in [4.69, 9.17) is 28.9 Å². The molecule has 2 aromatic carbocycles. The molecule has 0 spiro atoms. The molecular formula is C47H61F2N5O6Si. The third-order valence-electron chi connectivity index (χ3n) is 12.7. The molecule has 0 N–H and O–H groups in total. The third-order valence-corrected chi connectivity index (χ3v) is 19.0. The van der Waals surface area contributed by atoms with E-state index in [0.29, 0.717) is 63.7 Å². The Kier molecular flexibility index (Phi) is 12.8. The summed E-state index contributed by atoms with van der Waals surface area (Å²) < 4.78 is 56.6. The lowest BCUT2D eigenvalue weighted by molar-refractivity contribution is -0.109. The van der Waals surface area contributed by atoms with Gasteiger partial charge in [0.2, 0.25) is 0 Å². The molecule has 1 amide bonds. The second kappa shape index (κ2) is 17.1. The number of methoxy groups -OCH3 is 1. The van der Waals surface area contributed by atoms with E-state index < -0.39 is 36.3 Å². The fraction of sp³-hybridized carbons (Fsp3) is 0.553. The van der Waals surface area contributed by atoms with Crippen LogP contribution in [0, 0.1) is 28.5 Å². The van der Waals surface area contributed by atoms with Gasteiger partial charge in [0.15, 0.2) is 18.9 Å². The van der Waals surface area contributed by atoms with E-state index in [9.17, 15) is 9.59 Å². The molecule has 11 nitrogen and oxygen atoms in total. The van der Waals surface area contributed by atoms with Gasteiger partial charge in [0.05, 0.1) is 22.5 Å². The Morgan fingerprint density at radius 3 is 2.31 bits per heavy atom. The van der Waals surface area contributed by atoms with Gasteiger partial charge in [0, 0.05) is 37.3 Å². The zero-order valence-corrected chi connectivity index (χ0v) is 39.0. The highest BCUT2D eigenvalue weighted by Gasteiger charge is 2.60. The third kappa shape index (κ3) is 8.40. The Morgan fingerprint density at radius 2 is 1.70 bits per heavy atom. The zero-order valence-electron chi connectivity index (χ0n) is 38.0. The predicted octanol–water partition coefficient (Wildman–Crippen LogP) is 10.3. The van der Waals surface area contributed by atoms with E-state index in [1.807, 2.05) is 30.6 Å². The fourth-order valence-electron chi connectivity index (χ4n) is 9.90. The Balaban J connectivity index is 1.59. The van der Waals surface area contributed by atoms with Gasteiger partial charge in [0.1, 0.15) is 48.9 Å². The van der Waals surface area contributed by atoms with Crippen LogP contribution < -0.4 is 14.4 Å². The van der Waals surface area contributed by atoms with Crippen LogP contribution in [0.25, 0.3) is 32.9 Å². The molecule has 6 rings (SSSR count). The van der Waals surface area contributed by atoms with Crippen LogP contribution in [-0.2, 0) is 14.3 Å². The van der Waals surface area contributed by atoms with E-state index in [1.165, 1.54) is 19.4 Å². The minimum Gasteiger partial charge on any atom is -0.468 e. The summed E-state index contributed by atoms with van der Waals surface area (Å²) in [6, 6.07) is 5.94. The minimum atomic E-state index is -2.33. The lowest BCUT2D eigenvalue weighted by Gasteiger charge is -2.55. The molecule has 2 bridgehead atoms. The van der Waals surface area contributed by atoms with Crippen LogP contribution in [0.3, 0.4) is 0 Å². The van der Waals surface area contributed by atoms with Crippen molar-refractivity contribution in [1.82, 2.24) is 19.9 Å². The van der Waals surface area contributed by atoms with E-state index >= 15 is 8.78 Å². The zero-order chi connectivity index (χ0) is 44.8. The van der Waals surface area contributed by atoms with Crippen molar-refractivity contribution >= 4 is 47.9 Å². The summed E-state index contributed by atoms with van der Waals surface area (Å²) in [6.07, 6.45) is 3.16. The first-order valence-electron chi connectivity index (χ1n) is 21.2. The number of nitrogens with zero attached hydrogens (tertiary/aromatic N) is 5. The number of aromatic nitrogens is 3. The lowest BCUT2D eigenvalue weighted by atomic mass is 9.71. The quantitative estimate of drug-likeness (QED) is 0.0625. The number of aldehydes is 1. The van der Waals surface area contributed by atoms with Gasteiger partial charge >= 0.3 is 12.1 Å². The van der Waals surface area contributed by atoms with Crippen LogP contribution >= 0.6 is 0 Å². The van der Waals surface area contributed by atoms with Crippen molar-refractivity contribution in [2.75, 3.05) is 38.5 Å². The first-order valence-corrected chi connectivity index (χ1v) is 23.4. The maximum Gasteiger partial charge on any atom is 0.411 e. The molecule has 2 aliphatic rings. The van der Waals surface area contributed by atoms with Gasteiger partial charge in [-0.2, -0.15) is 9.97 Å². The van der Waals surface area contributed by atoms with Crippen molar-refractivity contribution in [1.29, 1.82) is 0 Å². The molecule has 2 fully saturated rings. The number of amides is 1. The lowest BCUT2D eigenvalue weighted by Crippen LogP contribution is -2.68. The molecule has 0 aliphatic carbocycles. The standard InChI is InChI=1S/C47H61F2N5O6Si/c1-28(2)61(29(3)4,30(5)6)21-17-34-37(48)15-14-31-22-33(59-27-57-13)23-35(38(31)34)40-39(49)41-36(24-50-40)42(52-43(51-41)58-20-19-55)53-25-32-16-18-47(26-53,45(7,8)9)54(32)44(56)60-46(10,11)12/h14-15,19,22-24,28-30,32H,16,18,20,25-27H2,1-13H3. The van der Waals surface area contributed by atoms with E-state index in [1.54, 1.807) is 18.2 Å². The largest absolute Gasteiger partial charge is 0.468 e. The Labute approximate surface area is 359 Å². The molecule has 2 saturated heterocycles. The highest BCUT2D eigenvalue weighted by atomic mass is 28.3. The maximum absolute atomic E-state index is 17.6. The Hall–Kier alpha value is -4.87. The monoisotopic (exact) mass is 857 g/mol. The van der Waals surface area contributed by atoms with Crippen molar-refractivity contribution in [3.63, 3.8) is 0 Å². The average Bonchev–Trinajstić information content (AvgIpc) is 3.43. The average molecular weight is 858 g/mol. The second-order valence-electron chi connectivity index (χ2n) is 19.4. The van der Waals surface area contributed by atoms with Crippen molar-refractivity contribution in [3.8, 4) is 34.5 Å². The predicted molar refractivity (Wildman–Crippen MR) is 238 cm³/mol. The van der Waals surface area contributed by atoms with Crippen molar-refractivity contribution < 1.29 is 37.3 Å². The smallest absolute Gasteiger partial charge is 0.411 e. The van der Waals surface area contributed by atoms with Crippen LogP contribution in [0.2, 0.25) is 16.6 Å². The number of hydrogen-bond acceptors (Lipinski definition) is 10. The van der Waals surface area contributed by atoms with Gasteiger partial charge in [-0.15, -0.1) is 5.54 Å². The first kappa shape index (κ1) is 45.6. The topological polar surface area (TPSA) is 116 Å². The van der Waals surface area contributed by atoms with Crippen LogP contribution in [-0.4, -0.2) is 91.1 Å². The van der Waals surface area contributed by atoms with E-state index in [-0.39, 0.29) is 53.9 Å². The van der Waals surface area contributed by atoms with Crippen LogP contribution in [0.5, 0.6) is 11.8 Å². The molecule has 0 radical (unpaired) electrons. The summed E-state index contributed by atoms with van der Waals surface area (Å²) in [7, 11) is -0.828. The molecule has 0 saturated carbocycles. The highest BCUT2D eigenvalue weighted by molar-refractivity contribution is 6.90. The molecule has 2 aliphatic heterocycles. The molecular weight excluding hydrogens is 797 g/mol. The molecule has 2 unspecified atom stereocenters. The van der Waals surface area contributed by atoms with Gasteiger partial charge in [-0.05, 0) is 79.2 Å². The number of benzene rings is 2. The first-order chi connectivity index (χ1) is 28.6. The Bertz CT molecular complexity index is 2360. The number of hydrogen-bond donors (Lipinski definition) is 0. The summed E-state index contributed by atoms with van der Waals surface area (Å²) in [5.41, 5.74) is 2.96. The molecule has 328 valence electrons. The molecule has 61 heavy (non-hydrogen) atoms. The van der Waals surface area contributed by atoms with Gasteiger partial charge in [-0.1, -0.05) is 74.3 Å². The number of ether oxygens (including phenoxy) is 4. The maximum atomic E-state index is 17.6. The summed E-state index contributed by atoms with van der Waals surface area (Å²) in [5, 5.41) is 1.26. The molecule has 4 aromatic rings. The second-order valence-corrected chi connectivity index (χ2v) is 25.0. The van der Waals surface area contributed by atoms with E-state index in [2.05, 4.69) is 78.8 Å². The number of fused-ring (bicyclic) bond motifs is 4. The van der Waals surface area contributed by atoms with E-state index in [0.717, 1.165) is 12.8 Å². The van der Waals surface area contributed by atoms with Gasteiger partial charge in [0.25, 0.3) is 0 Å². The number of halogens is 2. The van der Waals surface area contributed by atoms with Gasteiger partial charge < -0.3 is 23.8 Å². The molecule has 2 aromatic heterocycles. The number of carbonyl (C=O) groups is 2. The highest BCUT2D eigenvalue weighted by Crippen LogP contribution is 2.51. The number of piperazine rings is 1. The summed E-state index contributed by atoms with van der Waals surface area (Å²) >= 11 is 0. The van der Waals surface area contributed by atoms with Crippen molar-refractivity contribution in [3.05, 3.63) is 47.7 Å². The van der Waals surface area contributed by atoms with Crippen molar-refractivity contribution in [2.24, 2.45) is 5.41 Å². The normalized spacial score (nSPS) is 18.3. The number of pyridine rings is 1. The molecule has 4 heterocycles. The van der Waals surface area contributed by atoms with Crippen LogP contribution in [0.1, 0.15) is 101 Å². The summed E-state index contributed by atoms with van der Waals surface area (Å²) in [5.74, 6) is 2.68. The number of anilines is 1. The summed E-state index contributed by atoms with van der Waals surface area (Å²) in [4.78, 5) is 43.3. The SMILES string of the molecule is COCOc1cc(-c2ncc3c(N4CC5CCC(C(C)(C)C)(C4)N5C(=O)OC(C)(C)C)nc(OCC=O)nc3c2F)c2c(C#C[Si](C(C)C)(C(C)C)C(C)C)c(F)ccc2c1. The molecule has 14 heteroatoms. The fourth-order valence-corrected chi connectivity index (χ4v) is 15.1. The number of carbonyl (C=O) groups excluding carboxylic acids is 2. The van der Waals surface area contributed by atoms with Gasteiger partial charge in [-0.25, -0.2) is 13.6 Å². The van der Waals surface area contributed by atoms with Gasteiger partial charge in [-0.3, -0.25) is 14.7 Å². The van der Waals surface area contributed by atoms with Crippen LogP contribution in [0.15, 0.2) is 30.5 Å². The van der Waals surface area contributed by atoms with Crippen molar-refractivity contribution in [2.45, 2.75) is 130 Å². The Morgan fingerprint density at radius 1 is 1.02 bits per heavy atom.